The van der Waals surface area contributed by atoms with Gasteiger partial charge >= 0.3 is 0 Å². The third-order valence-electron chi connectivity index (χ3n) is 1.35. The normalized spacial score (nSPS) is 12.6. The highest BCUT2D eigenvalue weighted by molar-refractivity contribution is 7.99. The van der Waals surface area contributed by atoms with Crippen molar-refractivity contribution in [1.29, 1.82) is 0 Å². The molecule has 0 radical (unpaired) electrons. The van der Waals surface area contributed by atoms with E-state index < -0.39 is 0 Å². The number of nitrogens with one attached hydrogen (secondary N) is 1. The van der Waals surface area contributed by atoms with Gasteiger partial charge in [0.2, 0.25) is 5.91 Å². The molecule has 0 fully saturated rings. The van der Waals surface area contributed by atoms with E-state index in [2.05, 4.69) is 12.2 Å². The predicted octanol–water partition coefficient (Wildman–Crippen LogP) is 1.65. The summed E-state index contributed by atoms with van der Waals surface area (Å²) in [6.07, 6.45) is 1.07. The van der Waals surface area contributed by atoms with Crippen LogP contribution in [-0.4, -0.2) is 23.5 Å². The summed E-state index contributed by atoms with van der Waals surface area (Å²) in [6, 6.07) is 0.326. The molecule has 0 aromatic carbocycles. The van der Waals surface area contributed by atoms with Gasteiger partial charge in [-0.2, -0.15) is 11.8 Å². The largest absolute Gasteiger partial charge is 0.354 e. The molecular weight excluding hydrogens is 158 g/mol. The molecule has 3 heteroatoms. The van der Waals surface area contributed by atoms with E-state index in [0.29, 0.717) is 6.04 Å². The zero-order valence-electron chi connectivity index (χ0n) is 7.52. The van der Waals surface area contributed by atoms with Crippen molar-refractivity contribution in [2.75, 3.05) is 11.5 Å². The molecule has 0 spiro atoms. The SMILES string of the molecule is CCSCCC(C)NC(C)=O. The standard InChI is InChI=1S/C8H17NOS/c1-4-11-6-5-7(2)9-8(3)10/h7H,4-6H2,1-3H3,(H,9,10). The van der Waals surface area contributed by atoms with Gasteiger partial charge in [0.15, 0.2) is 0 Å². The van der Waals surface area contributed by atoms with E-state index in [4.69, 9.17) is 0 Å². The van der Waals surface area contributed by atoms with Crippen LogP contribution in [0.5, 0.6) is 0 Å². The van der Waals surface area contributed by atoms with Gasteiger partial charge in [-0.1, -0.05) is 6.92 Å². The molecular formula is C8H17NOS. The highest BCUT2D eigenvalue weighted by atomic mass is 32.2. The number of rotatable bonds is 5. The predicted molar refractivity (Wildman–Crippen MR) is 50.9 cm³/mol. The highest BCUT2D eigenvalue weighted by Crippen LogP contribution is 2.03. The fourth-order valence-corrected chi connectivity index (χ4v) is 1.63. The molecule has 0 saturated carbocycles. The van der Waals surface area contributed by atoms with Gasteiger partial charge < -0.3 is 5.32 Å². The Kier molecular flexibility index (Phi) is 6.42. The van der Waals surface area contributed by atoms with Gasteiger partial charge in [-0.3, -0.25) is 4.79 Å². The van der Waals surface area contributed by atoms with Crippen molar-refractivity contribution < 1.29 is 4.79 Å². The summed E-state index contributed by atoms with van der Waals surface area (Å²) < 4.78 is 0. The molecule has 0 bridgehead atoms. The highest BCUT2D eigenvalue weighted by Gasteiger charge is 2.01. The van der Waals surface area contributed by atoms with Gasteiger partial charge in [-0.05, 0) is 24.9 Å². The number of thioether (sulfide) groups is 1. The van der Waals surface area contributed by atoms with Crippen molar-refractivity contribution in [2.45, 2.75) is 33.2 Å². The van der Waals surface area contributed by atoms with E-state index >= 15 is 0 Å². The van der Waals surface area contributed by atoms with Gasteiger partial charge in [0, 0.05) is 13.0 Å². The Balaban J connectivity index is 3.22. The quantitative estimate of drug-likeness (QED) is 0.644. The molecule has 0 heterocycles. The molecule has 11 heavy (non-hydrogen) atoms. The maximum absolute atomic E-state index is 10.6. The smallest absolute Gasteiger partial charge is 0.217 e. The molecule has 1 unspecified atom stereocenters. The monoisotopic (exact) mass is 175 g/mol. The van der Waals surface area contributed by atoms with Crippen molar-refractivity contribution >= 4 is 17.7 Å². The second-order valence-electron chi connectivity index (χ2n) is 2.59. The number of carbonyl (C=O) groups is 1. The minimum absolute atomic E-state index is 0.0685. The summed E-state index contributed by atoms with van der Waals surface area (Å²) in [5.74, 6) is 2.36. The van der Waals surface area contributed by atoms with Crippen LogP contribution in [0.2, 0.25) is 0 Å². The summed E-state index contributed by atoms with van der Waals surface area (Å²) in [5.41, 5.74) is 0. The first-order valence-corrected chi connectivity index (χ1v) is 5.17. The van der Waals surface area contributed by atoms with Crippen LogP contribution >= 0.6 is 11.8 Å². The van der Waals surface area contributed by atoms with Crippen LogP contribution in [0.4, 0.5) is 0 Å². The van der Waals surface area contributed by atoms with Crippen molar-refractivity contribution in [3.8, 4) is 0 Å². The van der Waals surface area contributed by atoms with Crippen LogP contribution in [0.25, 0.3) is 0 Å². The van der Waals surface area contributed by atoms with Gasteiger partial charge in [-0.25, -0.2) is 0 Å². The van der Waals surface area contributed by atoms with E-state index in [1.165, 1.54) is 0 Å². The zero-order chi connectivity index (χ0) is 8.69. The average molecular weight is 175 g/mol. The second-order valence-corrected chi connectivity index (χ2v) is 3.98. The Morgan fingerprint density at radius 3 is 2.73 bits per heavy atom. The van der Waals surface area contributed by atoms with Crippen LogP contribution in [0.1, 0.15) is 27.2 Å². The molecule has 0 aliphatic rings. The van der Waals surface area contributed by atoms with Crippen LogP contribution in [0.15, 0.2) is 0 Å². The van der Waals surface area contributed by atoms with E-state index in [9.17, 15) is 4.79 Å². The third-order valence-corrected chi connectivity index (χ3v) is 2.28. The number of amides is 1. The van der Waals surface area contributed by atoms with Crippen molar-refractivity contribution in [3.63, 3.8) is 0 Å². The number of hydrogen-bond donors (Lipinski definition) is 1. The molecule has 0 aliphatic heterocycles. The molecule has 0 saturated heterocycles. The van der Waals surface area contributed by atoms with Crippen LogP contribution in [-0.2, 0) is 4.79 Å². The average Bonchev–Trinajstić information content (AvgIpc) is 1.86. The number of hydrogen-bond acceptors (Lipinski definition) is 2. The van der Waals surface area contributed by atoms with E-state index in [0.717, 1.165) is 17.9 Å². The zero-order valence-corrected chi connectivity index (χ0v) is 8.33. The van der Waals surface area contributed by atoms with Gasteiger partial charge in [0.1, 0.15) is 0 Å². The maximum Gasteiger partial charge on any atom is 0.217 e. The Morgan fingerprint density at radius 2 is 2.27 bits per heavy atom. The molecule has 1 atom stereocenters. The molecule has 0 aromatic heterocycles. The summed E-state index contributed by atoms with van der Waals surface area (Å²) in [4.78, 5) is 10.6. The summed E-state index contributed by atoms with van der Waals surface area (Å²) in [7, 11) is 0. The lowest BCUT2D eigenvalue weighted by molar-refractivity contribution is -0.119. The topological polar surface area (TPSA) is 29.1 Å². The molecule has 1 N–H and O–H groups in total. The summed E-state index contributed by atoms with van der Waals surface area (Å²) in [6.45, 7) is 5.74. The van der Waals surface area contributed by atoms with Crippen molar-refractivity contribution in [3.05, 3.63) is 0 Å². The second kappa shape index (κ2) is 6.53. The molecule has 66 valence electrons. The number of carbonyl (C=O) groups excluding carboxylic acids is 1. The van der Waals surface area contributed by atoms with Crippen molar-refractivity contribution in [2.24, 2.45) is 0 Å². The fraction of sp³-hybridized carbons (Fsp3) is 0.875. The lowest BCUT2D eigenvalue weighted by atomic mass is 10.2. The summed E-state index contributed by atoms with van der Waals surface area (Å²) in [5, 5.41) is 2.85. The van der Waals surface area contributed by atoms with Gasteiger partial charge in [0.25, 0.3) is 0 Å². The molecule has 0 rings (SSSR count). The molecule has 0 aromatic rings. The van der Waals surface area contributed by atoms with E-state index in [1.807, 2.05) is 18.7 Å². The summed E-state index contributed by atoms with van der Waals surface area (Å²) >= 11 is 1.91. The third kappa shape index (κ3) is 7.72. The Labute approximate surface area is 73.1 Å². The van der Waals surface area contributed by atoms with Crippen LogP contribution in [0.3, 0.4) is 0 Å². The van der Waals surface area contributed by atoms with E-state index in [-0.39, 0.29) is 5.91 Å². The first kappa shape index (κ1) is 10.8. The Hall–Kier alpha value is -0.180. The first-order valence-electron chi connectivity index (χ1n) is 4.01. The van der Waals surface area contributed by atoms with Crippen LogP contribution < -0.4 is 5.32 Å². The Morgan fingerprint density at radius 1 is 1.64 bits per heavy atom. The lowest BCUT2D eigenvalue weighted by Crippen LogP contribution is -2.30. The lowest BCUT2D eigenvalue weighted by Gasteiger charge is -2.10. The van der Waals surface area contributed by atoms with Crippen molar-refractivity contribution in [1.82, 2.24) is 5.32 Å². The maximum atomic E-state index is 10.6. The minimum Gasteiger partial charge on any atom is -0.354 e. The van der Waals surface area contributed by atoms with Gasteiger partial charge in [-0.15, -0.1) is 0 Å². The van der Waals surface area contributed by atoms with Crippen LogP contribution in [0, 0.1) is 0 Å². The van der Waals surface area contributed by atoms with E-state index in [1.54, 1.807) is 6.92 Å². The minimum atomic E-state index is 0.0685. The molecule has 1 amide bonds. The van der Waals surface area contributed by atoms with Gasteiger partial charge in [0.05, 0.1) is 0 Å². The Bertz CT molecular complexity index is 117. The fourth-order valence-electron chi connectivity index (χ4n) is 0.824. The molecule has 2 nitrogen and oxygen atoms in total. The molecule has 0 aliphatic carbocycles. The first-order chi connectivity index (χ1) is 5.16.